The normalized spacial score (nSPS) is 10.8. The second-order valence-electron chi connectivity index (χ2n) is 6.92. The smallest absolute Gasteiger partial charge is 0.130 e. The minimum absolute atomic E-state index is 0.427. The Balaban J connectivity index is 1.47. The topological polar surface area (TPSA) is 73.2 Å². The van der Waals surface area contributed by atoms with E-state index in [0.29, 0.717) is 6.61 Å². The van der Waals surface area contributed by atoms with Crippen LogP contribution in [0.5, 0.6) is 11.5 Å². The van der Waals surface area contributed by atoms with Crippen LogP contribution in [0.4, 0.5) is 5.69 Å². The van der Waals surface area contributed by atoms with Gasteiger partial charge < -0.3 is 15.2 Å². The third-order valence-corrected chi connectivity index (χ3v) is 4.57. The molecule has 0 saturated carbocycles. The molecule has 0 unspecified atom stereocenters. The highest BCUT2D eigenvalue weighted by Crippen LogP contribution is 2.22. The van der Waals surface area contributed by atoms with Crippen molar-refractivity contribution in [2.24, 2.45) is 0 Å². The van der Waals surface area contributed by atoms with E-state index in [1.165, 1.54) is 25.7 Å². The van der Waals surface area contributed by atoms with Crippen LogP contribution in [0.25, 0.3) is 11.3 Å². The number of unbranched alkanes of at least 4 members (excludes halogenated alkanes) is 4. The van der Waals surface area contributed by atoms with E-state index in [1.54, 1.807) is 0 Å². The summed E-state index contributed by atoms with van der Waals surface area (Å²) in [6, 6.07) is 17.4. The van der Waals surface area contributed by atoms with Crippen LogP contribution in [-0.2, 0) is 6.61 Å². The molecule has 0 fully saturated rings. The molecule has 5 heteroatoms. The van der Waals surface area contributed by atoms with E-state index in [0.717, 1.165) is 47.2 Å². The largest absolute Gasteiger partial charge is 0.494 e. The van der Waals surface area contributed by atoms with Crippen LogP contribution in [0.15, 0.2) is 54.6 Å². The molecule has 0 spiro atoms. The van der Waals surface area contributed by atoms with Gasteiger partial charge in [0.25, 0.3) is 0 Å². The average molecular weight is 380 g/mol. The summed E-state index contributed by atoms with van der Waals surface area (Å²) in [5, 5.41) is 7.41. The van der Waals surface area contributed by atoms with E-state index >= 15 is 0 Å². The summed E-state index contributed by atoms with van der Waals surface area (Å²) >= 11 is 0. The van der Waals surface area contributed by atoms with Gasteiger partial charge in [0.05, 0.1) is 18.0 Å². The molecule has 0 aliphatic heterocycles. The maximum Gasteiger partial charge on any atom is 0.130 e. The number of nitrogens with one attached hydrogen (secondary N) is 1. The second-order valence-corrected chi connectivity index (χ2v) is 6.92. The predicted octanol–water partition coefficient (Wildman–Crippen LogP) is 5.59. The molecule has 0 aliphatic rings. The summed E-state index contributed by atoms with van der Waals surface area (Å²) in [5.74, 6) is 1.68. The third-order valence-electron chi connectivity index (χ3n) is 4.57. The Morgan fingerprint density at radius 2 is 1.54 bits per heavy atom. The summed E-state index contributed by atoms with van der Waals surface area (Å²) in [5.41, 5.74) is 9.26. The van der Waals surface area contributed by atoms with Gasteiger partial charge in [0.1, 0.15) is 18.1 Å². The molecular weight excluding hydrogens is 350 g/mol. The van der Waals surface area contributed by atoms with E-state index in [9.17, 15) is 0 Å². The Labute approximate surface area is 166 Å². The van der Waals surface area contributed by atoms with Crippen molar-refractivity contribution in [2.45, 2.75) is 45.6 Å². The van der Waals surface area contributed by atoms with Gasteiger partial charge in [-0.05, 0) is 61.0 Å². The van der Waals surface area contributed by atoms with Gasteiger partial charge in [-0.1, -0.05) is 32.6 Å². The molecule has 0 atom stereocenters. The fraction of sp³-hybridized carbons (Fsp3) is 0.348. The summed E-state index contributed by atoms with van der Waals surface area (Å²) in [6.07, 6.45) is 6.22. The molecular formula is C23H29N3O2. The van der Waals surface area contributed by atoms with E-state index < -0.39 is 0 Å². The minimum Gasteiger partial charge on any atom is -0.494 e. The van der Waals surface area contributed by atoms with Gasteiger partial charge in [-0.3, -0.25) is 5.10 Å². The molecule has 0 amide bonds. The first kappa shape index (κ1) is 19.8. The first-order valence-electron chi connectivity index (χ1n) is 10.0. The van der Waals surface area contributed by atoms with Gasteiger partial charge in [-0.2, -0.15) is 5.10 Å². The van der Waals surface area contributed by atoms with Crippen LogP contribution in [0.1, 0.15) is 44.7 Å². The lowest BCUT2D eigenvalue weighted by Gasteiger charge is -2.06. The number of hydrogen-bond donors (Lipinski definition) is 2. The van der Waals surface area contributed by atoms with Crippen LogP contribution < -0.4 is 15.2 Å². The Bertz CT molecular complexity index is 826. The Kier molecular flexibility index (Phi) is 7.36. The number of H-pyrrole nitrogens is 1. The van der Waals surface area contributed by atoms with E-state index in [1.807, 2.05) is 54.6 Å². The Morgan fingerprint density at radius 1 is 0.857 bits per heavy atom. The molecule has 3 N–H and O–H groups in total. The van der Waals surface area contributed by atoms with Crippen molar-refractivity contribution in [3.8, 4) is 22.8 Å². The van der Waals surface area contributed by atoms with Gasteiger partial charge >= 0.3 is 0 Å². The van der Waals surface area contributed by atoms with E-state index in [4.69, 9.17) is 15.2 Å². The van der Waals surface area contributed by atoms with Gasteiger partial charge in [-0.15, -0.1) is 0 Å². The number of nitrogen functional groups attached to an aromatic ring is 1. The average Bonchev–Trinajstić information content (AvgIpc) is 3.20. The molecule has 5 nitrogen and oxygen atoms in total. The lowest BCUT2D eigenvalue weighted by atomic mass is 10.1. The van der Waals surface area contributed by atoms with E-state index in [2.05, 4.69) is 17.1 Å². The molecule has 0 bridgehead atoms. The minimum atomic E-state index is 0.427. The quantitative estimate of drug-likeness (QED) is 0.336. The van der Waals surface area contributed by atoms with Crippen molar-refractivity contribution in [2.75, 3.05) is 12.3 Å². The number of ether oxygens (including phenoxy) is 2. The van der Waals surface area contributed by atoms with Crippen LogP contribution >= 0.6 is 0 Å². The van der Waals surface area contributed by atoms with Crippen molar-refractivity contribution >= 4 is 5.69 Å². The van der Waals surface area contributed by atoms with Crippen molar-refractivity contribution in [3.63, 3.8) is 0 Å². The van der Waals surface area contributed by atoms with Gasteiger partial charge in [0.15, 0.2) is 0 Å². The number of rotatable bonds is 11. The fourth-order valence-corrected chi connectivity index (χ4v) is 2.93. The number of aromatic amines is 1. The SMILES string of the molecule is CCCCCCCOc1ccc(-c2cc(COc3ccc(N)cc3)[nH]n2)cc1. The summed E-state index contributed by atoms with van der Waals surface area (Å²) in [4.78, 5) is 0. The van der Waals surface area contributed by atoms with Crippen molar-refractivity contribution in [1.29, 1.82) is 0 Å². The zero-order valence-corrected chi connectivity index (χ0v) is 16.5. The second kappa shape index (κ2) is 10.4. The molecule has 2 aromatic carbocycles. The van der Waals surface area contributed by atoms with Crippen LogP contribution in [0, 0.1) is 0 Å². The van der Waals surface area contributed by atoms with Crippen molar-refractivity contribution < 1.29 is 9.47 Å². The fourth-order valence-electron chi connectivity index (χ4n) is 2.93. The van der Waals surface area contributed by atoms with Crippen LogP contribution in [0.3, 0.4) is 0 Å². The molecule has 0 radical (unpaired) electrons. The standard InChI is InChI=1S/C23H29N3O2/c1-2-3-4-5-6-15-27-21-11-7-18(8-12-21)23-16-20(25-26-23)17-28-22-13-9-19(24)10-14-22/h7-14,16H,2-6,15,17,24H2,1H3,(H,25,26). The Morgan fingerprint density at radius 3 is 2.29 bits per heavy atom. The summed E-state index contributed by atoms with van der Waals surface area (Å²) in [6.45, 7) is 3.43. The highest BCUT2D eigenvalue weighted by atomic mass is 16.5. The molecule has 0 saturated heterocycles. The summed E-state index contributed by atoms with van der Waals surface area (Å²) < 4.78 is 11.6. The lowest BCUT2D eigenvalue weighted by Crippen LogP contribution is -1.97. The van der Waals surface area contributed by atoms with E-state index in [-0.39, 0.29) is 0 Å². The van der Waals surface area contributed by atoms with Gasteiger partial charge in [-0.25, -0.2) is 0 Å². The lowest BCUT2D eigenvalue weighted by molar-refractivity contribution is 0.301. The monoisotopic (exact) mass is 379 g/mol. The highest BCUT2D eigenvalue weighted by molar-refractivity contribution is 5.60. The zero-order chi connectivity index (χ0) is 19.6. The van der Waals surface area contributed by atoms with Crippen LogP contribution in [-0.4, -0.2) is 16.8 Å². The molecule has 28 heavy (non-hydrogen) atoms. The zero-order valence-electron chi connectivity index (χ0n) is 16.5. The number of nitrogens with zero attached hydrogens (tertiary/aromatic N) is 1. The molecule has 3 aromatic rings. The summed E-state index contributed by atoms with van der Waals surface area (Å²) in [7, 11) is 0. The molecule has 3 rings (SSSR count). The number of nitrogens with two attached hydrogens (primary N) is 1. The molecule has 148 valence electrons. The number of benzene rings is 2. The van der Waals surface area contributed by atoms with Gasteiger partial charge in [0, 0.05) is 11.3 Å². The molecule has 1 heterocycles. The first-order chi connectivity index (χ1) is 13.7. The maximum absolute atomic E-state index is 5.82. The maximum atomic E-state index is 5.82. The van der Waals surface area contributed by atoms with Crippen LogP contribution in [0.2, 0.25) is 0 Å². The Hall–Kier alpha value is -2.95. The van der Waals surface area contributed by atoms with Crippen molar-refractivity contribution in [1.82, 2.24) is 10.2 Å². The third kappa shape index (κ3) is 6.05. The predicted molar refractivity (Wildman–Crippen MR) is 113 cm³/mol. The molecule has 1 aromatic heterocycles. The number of aromatic nitrogens is 2. The first-order valence-corrected chi connectivity index (χ1v) is 10.0. The number of hydrogen-bond acceptors (Lipinski definition) is 4. The number of anilines is 1. The highest BCUT2D eigenvalue weighted by Gasteiger charge is 2.05. The van der Waals surface area contributed by atoms with Crippen molar-refractivity contribution in [3.05, 3.63) is 60.3 Å². The molecule has 0 aliphatic carbocycles. The van der Waals surface area contributed by atoms with Gasteiger partial charge in [0.2, 0.25) is 0 Å².